The second kappa shape index (κ2) is 5.75. The monoisotopic (exact) mass is 266 g/mol. The molecule has 1 aliphatic heterocycles. The molecule has 1 saturated carbocycles. The summed E-state index contributed by atoms with van der Waals surface area (Å²) in [5, 5.41) is 9.04. The number of hydrogen-bond acceptors (Lipinski definition) is 3. The first-order chi connectivity index (χ1) is 8.47. The minimum Gasteiger partial charge on any atom is -0.382 e. The van der Waals surface area contributed by atoms with Crippen LogP contribution in [0.3, 0.4) is 0 Å². The van der Waals surface area contributed by atoms with Crippen molar-refractivity contribution in [2.45, 2.75) is 44.0 Å². The van der Waals surface area contributed by atoms with Gasteiger partial charge in [0.25, 0.3) is 0 Å². The van der Waals surface area contributed by atoms with Crippen LogP contribution in [-0.4, -0.2) is 66.0 Å². The van der Waals surface area contributed by atoms with E-state index >= 15 is 0 Å². The molecule has 0 bridgehead atoms. The minimum absolute atomic E-state index is 0.290. The van der Waals surface area contributed by atoms with E-state index in [-0.39, 0.29) is 6.54 Å². The maximum Gasteiger partial charge on any atom is 0.415 e. The molecule has 2 rings (SSSR count). The molecule has 1 unspecified atom stereocenters. The molecule has 0 spiro atoms. The first kappa shape index (κ1) is 14.1. The summed E-state index contributed by atoms with van der Waals surface area (Å²) < 4.78 is 36.7. The van der Waals surface area contributed by atoms with Crippen LogP contribution in [0.2, 0.25) is 0 Å². The lowest BCUT2D eigenvalue weighted by Gasteiger charge is -2.38. The lowest BCUT2D eigenvalue weighted by Crippen LogP contribution is -2.52. The molecule has 3 nitrogen and oxygen atoms in total. The number of alkyl halides is 3. The van der Waals surface area contributed by atoms with Gasteiger partial charge >= 0.3 is 6.18 Å². The van der Waals surface area contributed by atoms with Gasteiger partial charge in [0, 0.05) is 38.8 Å². The highest BCUT2D eigenvalue weighted by Gasteiger charge is 2.39. The van der Waals surface area contributed by atoms with Gasteiger partial charge in [-0.15, -0.1) is 0 Å². The number of aliphatic hydroxyl groups is 1. The molecule has 0 amide bonds. The first-order valence-corrected chi connectivity index (χ1v) is 6.68. The maximum atomic E-state index is 12.2. The van der Waals surface area contributed by atoms with E-state index in [4.69, 9.17) is 5.11 Å². The summed E-state index contributed by atoms with van der Waals surface area (Å²) in [6.07, 6.45) is -1.70. The molecule has 1 aliphatic carbocycles. The van der Waals surface area contributed by atoms with Crippen LogP contribution in [-0.2, 0) is 0 Å². The highest BCUT2D eigenvalue weighted by Crippen LogP contribution is 2.25. The largest absolute Gasteiger partial charge is 0.415 e. The second-order valence-corrected chi connectivity index (χ2v) is 5.33. The fourth-order valence-electron chi connectivity index (χ4n) is 2.93. The van der Waals surface area contributed by atoms with Gasteiger partial charge in [-0.2, -0.15) is 13.2 Å². The van der Waals surface area contributed by atoms with Crippen molar-refractivity contribution in [3.8, 4) is 0 Å². The average molecular weight is 266 g/mol. The molecule has 1 atom stereocenters. The Labute approximate surface area is 106 Å². The zero-order chi connectivity index (χ0) is 13.2. The number of rotatable bonds is 3. The summed E-state index contributed by atoms with van der Waals surface area (Å²) in [4.78, 5) is 4.10. The van der Waals surface area contributed by atoms with Gasteiger partial charge in [0.2, 0.25) is 0 Å². The van der Waals surface area contributed by atoms with Crippen molar-refractivity contribution in [3.05, 3.63) is 0 Å². The molecule has 2 fully saturated rings. The van der Waals surface area contributed by atoms with E-state index < -0.39 is 12.3 Å². The quantitative estimate of drug-likeness (QED) is 0.838. The fraction of sp³-hybridized carbons (Fsp3) is 1.00. The predicted octanol–water partition coefficient (Wildman–Crippen LogP) is 1.47. The normalized spacial score (nSPS) is 26.7. The number of piperazine rings is 1. The molecule has 0 aromatic rings. The summed E-state index contributed by atoms with van der Waals surface area (Å²) in [6.45, 7) is 2.62. The lowest BCUT2D eigenvalue weighted by molar-refractivity contribution is -0.209. The number of aliphatic hydroxyl groups excluding tert-OH is 1. The summed E-state index contributed by atoms with van der Waals surface area (Å²) >= 11 is 0. The Morgan fingerprint density at radius 2 is 1.61 bits per heavy atom. The van der Waals surface area contributed by atoms with Gasteiger partial charge in [-0.3, -0.25) is 9.80 Å². The molecular weight excluding hydrogens is 245 g/mol. The molecule has 6 heteroatoms. The Morgan fingerprint density at radius 3 is 2.11 bits per heavy atom. The van der Waals surface area contributed by atoms with E-state index in [0.717, 1.165) is 13.1 Å². The van der Waals surface area contributed by atoms with E-state index in [9.17, 15) is 13.2 Å². The van der Waals surface area contributed by atoms with Crippen molar-refractivity contribution >= 4 is 0 Å². The van der Waals surface area contributed by atoms with E-state index in [1.165, 1.54) is 25.7 Å². The molecule has 0 aromatic heterocycles. The topological polar surface area (TPSA) is 26.7 Å². The van der Waals surface area contributed by atoms with Gasteiger partial charge in [0.05, 0.1) is 0 Å². The first-order valence-electron chi connectivity index (χ1n) is 6.68. The van der Waals surface area contributed by atoms with Crippen molar-refractivity contribution in [2.75, 3.05) is 32.7 Å². The lowest BCUT2D eigenvalue weighted by atomic mass is 10.1. The van der Waals surface area contributed by atoms with Crippen LogP contribution in [0.25, 0.3) is 0 Å². The minimum atomic E-state index is -4.50. The van der Waals surface area contributed by atoms with Crippen LogP contribution in [0.4, 0.5) is 13.2 Å². The number of nitrogens with zero attached hydrogens (tertiary/aromatic N) is 2. The standard InChI is InChI=1S/C12H21F3N2O/c13-12(14,15)11(18)9-16-5-7-17(8-6-16)10-3-1-2-4-10/h10-11,18H,1-9H2. The average Bonchev–Trinajstić information content (AvgIpc) is 2.82. The number of halogens is 3. The number of β-amino-alcohol motifs (C(OH)–C–C–N with tert-alkyl or cyclic N) is 1. The highest BCUT2D eigenvalue weighted by atomic mass is 19.4. The van der Waals surface area contributed by atoms with Crippen LogP contribution in [0.15, 0.2) is 0 Å². The summed E-state index contributed by atoms with van der Waals surface area (Å²) in [5.74, 6) is 0. The summed E-state index contributed by atoms with van der Waals surface area (Å²) in [7, 11) is 0. The van der Waals surface area contributed by atoms with Crippen molar-refractivity contribution in [2.24, 2.45) is 0 Å². The Kier molecular flexibility index (Phi) is 4.50. The molecule has 1 N–H and O–H groups in total. The van der Waals surface area contributed by atoms with Gasteiger partial charge in [0.1, 0.15) is 0 Å². The molecular formula is C12H21F3N2O. The Hall–Kier alpha value is -0.330. The van der Waals surface area contributed by atoms with Gasteiger partial charge in [-0.25, -0.2) is 0 Å². The molecule has 106 valence electrons. The van der Waals surface area contributed by atoms with Crippen LogP contribution in [0, 0.1) is 0 Å². The number of hydrogen-bond donors (Lipinski definition) is 1. The zero-order valence-electron chi connectivity index (χ0n) is 10.5. The predicted molar refractivity (Wildman–Crippen MR) is 62.3 cm³/mol. The molecule has 0 radical (unpaired) electrons. The maximum absolute atomic E-state index is 12.2. The molecule has 1 heterocycles. The smallest absolute Gasteiger partial charge is 0.382 e. The van der Waals surface area contributed by atoms with E-state index in [0.29, 0.717) is 19.1 Å². The fourth-order valence-corrected chi connectivity index (χ4v) is 2.93. The van der Waals surface area contributed by atoms with Gasteiger partial charge in [0.15, 0.2) is 6.10 Å². The third-order valence-corrected chi connectivity index (χ3v) is 4.06. The van der Waals surface area contributed by atoms with Crippen LogP contribution in [0.5, 0.6) is 0 Å². The van der Waals surface area contributed by atoms with Gasteiger partial charge < -0.3 is 5.11 Å². The van der Waals surface area contributed by atoms with E-state index in [1.807, 2.05) is 0 Å². The second-order valence-electron chi connectivity index (χ2n) is 5.33. The zero-order valence-corrected chi connectivity index (χ0v) is 10.5. The molecule has 0 aromatic carbocycles. The van der Waals surface area contributed by atoms with Crippen molar-refractivity contribution in [1.29, 1.82) is 0 Å². The third-order valence-electron chi connectivity index (χ3n) is 4.06. The third kappa shape index (κ3) is 3.59. The van der Waals surface area contributed by atoms with E-state index in [1.54, 1.807) is 4.90 Å². The SMILES string of the molecule is OC(CN1CCN(C2CCCC2)CC1)C(F)(F)F. The van der Waals surface area contributed by atoms with E-state index in [2.05, 4.69) is 4.90 Å². The molecule has 18 heavy (non-hydrogen) atoms. The van der Waals surface area contributed by atoms with Crippen molar-refractivity contribution in [1.82, 2.24) is 9.80 Å². The molecule has 1 saturated heterocycles. The van der Waals surface area contributed by atoms with Crippen LogP contribution in [0.1, 0.15) is 25.7 Å². The molecule has 2 aliphatic rings. The highest BCUT2D eigenvalue weighted by molar-refractivity contribution is 4.83. The van der Waals surface area contributed by atoms with Gasteiger partial charge in [-0.05, 0) is 12.8 Å². The van der Waals surface area contributed by atoms with Crippen LogP contribution >= 0.6 is 0 Å². The Bertz CT molecular complexity index is 259. The Morgan fingerprint density at radius 1 is 1.06 bits per heavy atom. The van der Waals surface area contributed by atoms with Crippen molar-refractivity contribution < 1.29 is 18.3 Å². The Balaban J connectivity index is 1.73. The van der Waals surface area contributed by atoms with Crippen molar-refractivity contribution in [3.63, 3.8) is 0 Å². The van der Waals surface area contributed by atoms with Gasteiger partial charge in [-0.1, -0.05) is 12.8 Å². The van der Waals surface area contributed by atoms with Crippen LogP contribution < -0.4 is 0 Å². The summed E-state index contributed by atoms with van der Waals surface area (Å²) in [6, 6.07) is 0.639. The summed E-state index contributed by atoms with van der Waals surface area (Å²) in [5.41, 5.74) is 0.